The van der Waals surface area contributed by atoms with Crippen LogP contribution >= 0.6 is 11.6 Å². The van der Waals surface area contributed by atoms with Crippen molar-refractivity contribution in [1.82, 2.24) is 14.8 Å². The molecule has 0 spiro atoms. The highest BCUT2D eigenvalue weighted by Crippen LogP contribution is 2.17. The lowest BCUT2D eigenvalue weighted by molar-refractivity contribution is 0.111. The Morgan fingerprint density at radius 1 is 1.47 bits per heavy atom. The molecule has 0 aliphatic carbocycles. The smallest absolute Gasteiger partial charge is 0.196 e. The molecule has 1 aromatic carbocycles. The van der Waals surface area contributed by atoms with Gasteiger partial charge in [0.15, 0.2) is 12.1 Å². The van der Waals surface area contributed by atoms with Gasteiger partial charge in [0.2, 0.25) is 0 Å². The molecule has 0 aliphatic heterocycles. The third-order valence-electron chi connectivity index (χ3n) is 1.82. The quantitative estimate of drug-likeness (QED) is 0.733. The molecule has 0 radical (unpaired) electrons. The van der Waals surface area contributed by atoms with Gasteiger partial charge < -0.3 is 0 Å². The average molecular weight is 226 g/mol. The van der Waals surface area contributed by atoms with Crippen molar-refractivity contribution < 1.29 is 9.18 Å². The van der Waals surface area contributed by atoms with Gasteiger partial charge in [0.25, 0.3) is 0 Å². The van der Waals surface area contributed by atoms with Crippen LogP contribution in [0.1, 0.15) is 10.6 Å². The van der Waals surface area contributed by atoms with Crippen molar-refractivity contribution in [1.29, 1.82) is 0 Å². The SMILES string of the molecule is O=Cc1ncnn1-c1ccc(Cl)cc1F. The fraction of sp³-hybridized carbons (Fsp3) is 0. The fourth-order valence-corrected chi connectivity index (χ4v) is 1.33. The molecule has 2 aromatic rings. The molecule has 0 saturated carbocycles. The number of rotatable bonds is 2. The topological polar surface area (TPSA) is 47.8 Å². The van der Waals surface area contributed by atoms with Crippen molar-refractivity contribution in [2.75, 3.05) is 0 Å². The second kappa shape index (κ2) is 3.78. The van der Waals surface area contributed by atoms with Crippen molar-refractivity contribution >= 4 is 17.9 Å². The number of hydrogen-bond donors (Lipinski definition) is 0. The highest BCUT2D eigenvalue weighted by atomic mass is 35.5. The molecule has 0 bridgehead atoms. The summed E-state index contributed by atoms with van der Waals surface area (Å²) in [5, 5.41) is 4.02. The van der Waals surface area contributed by atoms with Crippen molar-refractivity contribution in [3.63, 3.8) is 0 Å². The minimum atomic E-state index is -0.559. The average Bonchev–Trinajstić information content (AvgIpc) is 2.65. The molecule has 1 aromatic heterocycles. The van der Waals surface area contributed by atoms with Crippen molar-refractivity contribution in [3.8, 4) is 5.69 Å². The summed E-state index contributed by atoms with van der Waals surface area (Å²) in [6.07, 6.45) is 1.68. The number of carbonyl (C=O) groups is 1. The molecule has 0 N–H and O–H groups in total. The Bertz CT molecular complexity index is 512. The normalized spacial score (nSPS) is 10.3. The summed E-state index contributed by atoms with van der Waals surface area (Å²) in [5.41, 5.74) is 0.138. The van der Waals surface area contributed by atoms with Crippen LogP contribution in [0.15, 0.2) is 24.5 Å². The van der Waals surface area contributed by atoms with Crippen molar-refractivity contribution in [2.24, 2.45) is 0 Å². The van der Waals surface area contributed by atoms with E-state index in [0.717, 1.165) is 10.7 Å². The van der Waals surface area contributed by atoms with E-state index in [-0.39, 0.29) is 16.5 Å². The summed E-state index contributed by atoms with van der Waals surface area (Å²) in [6, 6.07) is 4.09. The number of hydrogen-bond acceptors (Lipinski definition) is 3. The van der Waals surface area contributed by atoms with Gasteiger partial charge in [0, 0.05) is 5.02 Å². The Kier molecular flexibility index (Phi) is 2.47. The first-order valence-electron chi connectivity index (χ1n) is 4.03. The van der Waals surface area contributed by atoms with Crippen LogP contribution in [0.5, 0.6) is 0 Å². The molecule has 4 nitrogen and oxygen atoms in total. The molecule has 15 heavy (non-hydrogen) atoms. The molecule has 0 aliphatic rings. The fourth-order valence-electron chi connectivity index (χ4n) is 1.17. The van der Waals surface area contributed by atoms with Crippen LogP contribution < -0.4 is 0 Å². The van der Waals surface area contributed by atoms with Gasteiger partial charge in [-0.2, -0.15) is 5.10 Å². The van der Waals surface area contributed by atoms with Gasteiger partial charge in [-0.1, -0.05) is 11.6 Å². The second-order valence-corrected chi connectivity index (χ2v) is 3.18. The first kappa shape index (κ1) is 9.79. The molecule has 0 atom stereocenters. The van der Waals surface area contributed by atoms with Gasteiger partial charge in [0.1, 0.15) is 17.8 Å². The lowest BCUT2D eigenvalue weighted by Gasteiger charge is -2.03. The Morgan fingerprint density at radius 3 is 2.93 bits per heavy atom. The number of nitrogens with zero attached hydrogens (tertiary/aromatic N) is 3. The highest BCUT2D eigenvalue weighted by molar-refractivity contribution is 6.30. The molecule has 0 saturated heterocycles. The van der Waals surface area contributed by atoms with Gasteiger partial charge >= 0.3 is 0 Å². The van der Waals surface area contributed by atoms with Crippen LogP contribution in [0.3, 0.4) is 0 Å². The molecular weight excluding hydrogens is 221 g/mol. The van der Waals surface area contributed by atoms with E-state index in [2.05, 4.69) is 10.1 Å². The molecule has 0 fully saturated rings. The summed E-state index contributed by atoms with van der Waals surface area (Å²) in [6.45, 7) is 0. The summed E-state index contributed by atoms with van der Waals surface area (Å²) in [7, 11) is 0. The summed E-state index contributed by atoms with van der Waals surface area (Å²) >= 11 is 5.60. The Morgan fingerprint density at radius 2 is 2.27 bits per heavy atom. The van der Waals surface area contributed by atoms with Crippen molar-refractivity contribution in [3.05, 3.63) is 41.2 Å². The first-order chi connectivity index (χ1) is 7.22. The maximum Gasteiger partial charge on any atom is 0.196 e. The van der Waals surface area contributed by atoms with Gasteiger partial charge in [-0.15, -0.1) is 0 Å². The molecule has 2 rings (SSSR count). The summed E-state index contributed by atoms with van der Waals surface area (Å²) < 4.78 is 14.6. The van der Waals surface area contributed by atoms with E-state index in [4.69, 9.17) is 11.6 Å². The lowest BCUT2D eigenvalue weighted by Crippen LogP contribution is -2.04. The van der Waals surface area contributed by atoms with Crippen LogP contribution in [-0.2, 0) is 0 Å². The Balaban J connectivity index is 2.59. The molecular formula is C9H5ClFN3O. The second-order valence-electron chi connectivity index (χ2n) is 2.74. The van der Waals surface area contributed by atoms with Crippen LogP contribution in [0.2, 0.25) is 5.02 Å². The van der Waals surface area contributed by atoms with E-state index in [1.54, 1.807) is 0 Å². The number of halogens is 2. The van der Waals surface area contributed by atoms with E-state index in [1.807, 2.05) is 0 Å². The number of benzene rings is 1. The maximum atomic E-state index is 13.4. The zero-order valence-corrected chi connectivity index (χ0v) is 8.15. The van der Waals surface area contributed by atoms with Crippen LogP contribution in [0.25, 0.3) is 5.69 Å². The van der Waals surface area contributed by atoms with E-state index in [9.17, 15) is 9.18 Å². The number of aromatic nitrogens is 3. The van der Waals surface area contributed by atoms with Gasteiger partial charge in [-0.05, 0) is 18.2 Å². The standard InChI is InChI=1S/C9H5ClFN3O/c10-6-1-2-8(7(11)3-6)14-9(4-15)12-5-13-14/h1-5H. The lowest BCUT2D eigenvalue weighted by atomic mass is 10.3. The Hall–Kier alpha value is -1.75. The van der Waals surface area contributed by atoms with E-state index >= 15 is 0 Å². The Labute approximate surface area is 89.3 Å². The number of carbonyl (C=O) groups excluding carboxylic acids is 1. The van der Waals surface area contributed by atoms with E-state index in [1.165, 1.54) is 18.5 Å². The zero-order valence-electron chi connectivity index (χ0n) is 7.39. The molecule has 1 heterocycles. The number of aldehydes is 1. The summed E-state index contributed by atoms with van der Waals surface area (Å²) in [4.78, 5) is 14.2. The van der Waals surface area contributed by atoms with Crippen LogP contribution in [-0.4, -0.2) is 21.1 Å². The van der Waals surface area contributed by atoms with E-state index in [0.29, 0.717) is 6.29 Å². The molecule has 76 valence electrons. The third kappa shape index (κ3) is 1.73. The predicted octanol–water partition coefficient (Wildman–Crippen LogP) is 1.87. The predicted molar refractivity (Wildman–Crippen MR) is 51.7 cm³/mol. The first-order valence-corrected chi connectivity index (χ1v) is 4.41. The highest BCUT2D eigenvalue weighted by Gasteiger charge is 2.10. The van der Waals surface area contributed by atoms with Crippen molar-refractivity contribution in [2.45, 2.75) is 0 Å². The minimum absolute atomic E-state index is 0.0382. The van der Waals surface area contributed by atoms with E-state index < -0.39 is 5.82 Å². The minimum Gasteiger partial charge on any atom is -0.294 e. The maximum absolute atomic E-state index is 13.4. The van der Waals surface area contributed by atoms with Crippen LogP contribution in [0.4, 0.5) is 4.39 Å². The summed E-state index contributed by atoms with van der Waals surface area (Å²) in [5.74, 6) is -0.521. The van der Waals surface area contributed by atoms with Gasteiger partial charge in [-0.25, -0.2) is 14.1 Å². The molecule has 0 unspecified atom stereocenters. The van der Waals surface area contributed by atoms with Gasteiger partial charge in [-0.3, -0.25) is 4.79 Å². The monoisotopic (exact) mass is 225 g/mol. The largest absolute Gasteiger partial charge is 0.294 e. The third-order valence-corrected chi connectivity index (χ3v) is 2.05. The van der Waals surface area contributed by atoms with Gasteiger partial charge in [0.05, 0.1) is 0 Å². The molecule has 0 amide bonds. The van der Waals surface area contributed by atoms with Crippen LogP contribution in [0, 0.1) is 5.82 Å². The molecule has 6 heteroatoms. The zero-order chi connectivity index (χ0) is 10.8.